The van der Waals surface area contributed by atoms with E-state index >= 15 is 0 Å². The van der Waals surface area contributed by atoms with E-state index in [0.29, 0.717) is 31.1 Å². The molecule has 1 amide bonds. The molecular formula is C25H31N3O4S. The number of carbonyl (C=O) groups excluding carboxylic acids is 1. The second-order valence-electron chi connectivity index (χ2n) is 7.57. The van der Waals surface area contributed by atoms with Crippen molar-refractivity contribution in [2.45, 2.75) is 38.6 Å². The van der Waals surface area contributed by atoms with Crippen molar-refractivity contribution >= 4 is 38.1 Å². The van der Waals surface area contributed by atoms with Crippen LogP contribution in [0, 0.1) is 0 Å². The van der Waals surface area contributed by atoms with Gasteiger partial charge in [-0.15, -0.1) is 0 Å². The normalized spacial score (nSPS) is 12.5. The molecule has 0 aliphatic rings. The number of carbonyl (C=O) groups is 1. The third kappa shape index (κ3) is 5.46. The minimum atomic E-state index is -3.74. The molecule has 0 aliphatic carbocycles. The molecule has 3 aromatic carbocycles. The fourth-order valence-electron chi connectivity index (χ4n) is 3.67. The molecule has 176 valence electrons. The van der Waals surface area contributed by atoms with Gasteiger partial charge in [0.25, 0.3) is 0 Å². The molecule has 0 aromatic heterocycles. The summed E-state index contributed by atoms with van der Waals surface area (Å²) in [5, 5.41) is 8.07. The van der Waals surface area contributed by atoms with Gasteiger partial charge in [-0.3, -0.25) is 4.79 Å². The highest BCUT2D eigenvalue weighted by Crippen LogP contribution is 2.30. The first-order valence-corrected chi connectivity index (χ1v) is 12.6. The summed E-state index contributed by atoms with van der Waals surface area (Å²) in [6, 6.07) is 17.8. The zero-order valence-corrected chi connectivity index (χ0v) is 20.3. The summed E-state index contributed by atoms with van der Waals surface area (Å²) in [4.78, 5) is 13.0. The fraction of sp³-hybridized carbons (Fsp3) is 0.320. The Kier molecular flexibility index (Phi) is 7.94. The quantitative estimate of drug-likeness (QED) is 0.449. The van der Waals surface area contributed by atoms with Crippen LogP contribution in [-0.2, 0) is 14.8 Å². The first kappa shape index (κ1) is 24.5. The number of nitrogens with one attached hydrogen (secondary N) is 2. The SMILES string of the molecule is CCOc1ccc(NC(C)C(=O)Nc2cccc3ccccc23)cc1S(=O)(=O)N(CC)CC. The number of benzene rings is 3. The van der Waals surface area contributed by atoms with E-state index in [-0.39, 0.29) is 10.8 Å². The van der Waals surface area contributed by atoms with Crippen LogP contribution in [0.1, 0.15) is 27.7 Å². The Labute approximate surface area is 195 Å². The van der Waals surface area contributed by atoms with Crippen molar-refractivity contribution in [2.24, 2.45) is 0 Å². The molecule has 0 spiro atoms. The van der Waals surface area contributed by atoms with Crippen molar-refractivity contribution in [3.63, 3.8) is 0 Å². The van der Waals surface area contributed by atoms with Crippen LogP contribution < -0.4 is 15.4 Å². The Balaban J connectivity index is 1.84. The third-order valence-corrected chi connectivity index (χ3v) is 7.46. The topological polar surface area (TPSA) is 87.7 Å². The van der Waals surface area contributed by atoms with E-state index in [1.165, 1.54) is 10.4 Å². The molecule has 0 bridgehead atoms. The fourth-order valence-corrected chi connectivity index (χ4v) is 5.28. The summed E-state index contributed by atoms with van der Waals surface area (Å²) in [7, 11) is -3.74. The van der Waals surface area contributed by atoms with Gasteiger partial charge in [-0.2, -0.15) is 4.31 Å². The molecule has 0 aliphatic heterocycles. The summed E-state index contributed by atoms with van der Waals surface area (Å²) in [5.41, 5.74) is 1.24. The molecule has 1 unspecified atom stereocenters. The van der Waals surface area contributed by atoms with Gasteiger partial charge in [-0.25, -0.2) is 8.42 Å². The number of hydrogen-bond donors (Lipinski definition) is 2. The van der Waals surface area contributed by atoms with Crippen molar-refractivity contribution in [3.8, 4) is 5.75 Å². The van der Waals surface area contributed by atoms with Gasteiger partial charge < -0.3 is 15.4 Å². The van der Waals surface area contributed by atoms with Crippen molar-refractivity contribution in [1.29, 1.82) is 0 Å². The van der Waals surface area contributed by atoms with E-state index < -0.39 is 16.1 Å². The second kappa shape index (κ2) is 10.7. The highest BCUT2D eigenvalue weighted by molar-refractivity contribution is 7.89. The average molecular weight is 470 g/mol. The molecule has 1 atom stereocenters. The molecule has 7 nitrogen and oxygen atoms in total. The number of rotatable bonds is 10. The molecule has 8 heteroatoms. The minimum absolute atomic E-state index is 0.0831. The van der Waals surface area contributed by atoms with Crippen LogP contribution in [0.25, 0.3) is 10.8 Å². The lowest BCUT2D eigenvalue weighted by atomic mass is 10.1. The lowest BCUT2D eigenvalue weighted by molar-refractivity contribution is -0.116. The van der Waals surface area contributed by atoms with Gasteiger partial charge in [0.05, 0.1) is 6.61 Å². The van der Waals surface area contributed by atoms with E-state index in [1.807, 2.05) is 42.5 Å². The number of hydrogen-bond acceptors (Lipinski definition) is 5. The number of amides is 1. The molecule has 0 saturated carbocycles. The van der Waals surface area contributed by atoms with Gasteiger partial charge in [0.2, 0.25) is 15.9 Å². The van der Waals surface area contributed by atoms with Gasteiger partial charge >= 0.3 is 0 Å². The maximum Gasteiger partial charge on any atom is 0.246 e. The van der Waals surface area contributed by atoms with Gasteiger partial charge in [0.15, 0.2) is 0 Å². The van der Waals surface area contributed by atoms with Crippen molar-refractivity contribution in [1.82, 2.24) is 4.31 Å². The smallest absolute Gasteiger partial charge is 0.246 e. The molecule has 0 fully saturated rings. The van der Waals surface area contributed by atoms with Crippen molar-refractivity contribution < 1.29 is 17.9 Å². The number of fused-ring (bicyclic) bond motifs is 1. The average Bonchev–Trinajstić information content (AvgIpc) is 2.81. The first-order chi connectivity index (χ1) is 15.8. The molecule has 33 heavy (non-hydrogen) atoms. The Morgan fingerprint density at radius 2 is 1.70 bits per heavy atom. The Hall–Kier alpha value is -3.10. The van der Waals surface area contributed by atoms with Gasteiger partial charge in [-0.05, 0) is 43.5 Å². The van der Waals surface area contributed by atoms with Crippen LogP contribution in [0.5, 0.6) is 5.75 Å². The summed E-state index contributed by atoms with van der Waals surface area (Å²) in [6.45, 7) is 8.18. The van der Waals surface area contributed by atoms with Crippen LogP contribution in [0.4, 0.5) is 11.4 Å². The largest absolute Gasteiger partial charge is 0.492 e. The summed E-state index contributed by atoms with van der Waals surface area (Å²) < 4.78 is 33.3. The molecule has 0 heterocycles. The Bertz CT molecular complexity index is 1220. The number of anilines is 2. The van der Waals surface area contributed by atoms with E-state index in [4.69, 9.17) is 4.74 Å². The highest BCUT2D eigenvalue weighted by Gasteiger charge is 2.26. The standard InChI is InChI=1S/C25H31N3O4S/c1-5-28(6-2)33(30,31)24-17-20(15-16-23(24)32-7-3)26-18(4)25(29)27-22-14-10-12-19-11-8-9-13-21(19)22/h8-18,26H,5-7H2,1-4H3,(H,27,29). The molecule has 3 aromatic rings. The van der Waals surface area contributed by atoms with Crippen LogP contribution in [-0.4, -0.2) is 44.4 Å². The monoisotopic (exact) mass is 469 g/mol. The predicted molar refractivity (Wildman–Crippen MR) is 133 cm³/mol. The maximum atomic E-state index is 13.2. The summed E-state index contributed by atoms with van der Waals surface area (Å²) >= 11 is 0. The predicted octanol–water partition coefficient (Wildman–Crippen LogP) is 4.71. The first-order valence-electron chi connectivity index (χ1n) is 11.1. The second-order valence-corrected chi connectivity index (χ2v) is 9.47. The molecular weight excluding hydrogens is 438 g/mol. The molecule has 3 rings (SSSR count). The number of sulfonamides is 1. The summed E-state index contributed by atoms with van der Waals surface area (Å²) in [5.74, 6) is 0.0659. The maximum absolute atomic E-state index is 13.2. The van der Waals surface area contributed by atoms with Gasteiger partial charge in [-0.1, -0.05) is 50.2 Å². The molecule has 0 radical (unpaired) electrons. The van der Waals surface area contributed by atoms with Crippen LogP contribution in [0.2, 0.25) is 0 Å². The van der Waals surface area contributed by atoms with Crippen LogP contribution >= 0.6 is 0 Å². The lowest BCUT2D eigenvalue weighted by Crippen LogP contribution is -2.32. The van der Waals surface area contributed by atoms with Crippen LogP contribution in [0.3, 0.4) is 0 Å². The van der Waals surface area contributed by atoms with Gasteiger partial charge in [0, 0.05) is 29.9 Å². The Morgan fingerprint density at radius 3 is 2.39 bits per heavy atom. The van der Waals surface area contributed by atoms with Crippen LogP contribution in [0.15, 0.2) is 65.6 Å². The van der Waals surface area contributed by atoms with E-state index in [2.05, 4.69) is 10.6 Å². The van der Waals surface area contributed by atoms with E-state index in [0.717, 1.165) is 16.5 Å². The van der Waals surface area contributed by atoms with E-state index in [1.54, 1.807) is 39.8 Å². The zero-order valence-electron chi connectivity index (χ0n) is 19.5. The van der Waals surface area contributed by atoms with Crippen molar-refractivity contribution in [2.75, 3.05) is 30.3 Å². The van der Waals surface area contributed by atoms with E-state index in [9.17, 15) is 13.2 Å². The number of ether oxygens (including phenoxy) is 1. The summed E-state index contributed by atoms with van der Waals surface area (Å²) in [6.07, 6.45) is 0. The lowest BCUT2D eigenvalue weighted by Gasteiger charge is -2.22. The third-order valence-electron chi connectivity index (χ3n) is 5.39. The number of nitrogens with zero attached hydrogens (tertiary/aromatic N) is 1. The zero-order chi connectivity index (χ0) is 24.0. The van der Waals surface area contributed by atoms with Crippen molar-refractivity contribution in [3.05, 3.63) is 60.7 Å². The Morgan fingerprint density at radius 1 is 1.00 bits per heavy atom. The van der Waals surface area contributed by atoms with Gasteiger partial charge in [0.1, 0.15) is 16.7 Å². The highest BCUT2D eigenvalue weighted by atomic mass is 32.2. The molecule has 2 N–H and O–H groups in total. The molecule has 0 saturated heterocycles. The minimum Gasteiger partial charge on any atom is -0.492 e.